The Morgan fingerprint density at radius 2 is 1.93 bits per heavy atom. The van der Waals surface area contributed by atoms with E-state index in [4.69, 9.17) is 12.2 Å². The Morgan fingerprint density at radius 3 is 2.67 bits per heavy atom. The molecule has 3 rings (SSSR count). The number of amides is 1. The summed E-state index contributed by atoms with van der Waals surface area (Å²) in [6, 6.07) is 15.5. The molecule has 2 aromatic carbocycles. The molecule has 10 heteroatoms. The first-order valence-corrected chi connectivity index (χ1v) is 9.86. The number of hydrogen-bond donors (Lipinski definition) is 1. The summed E-state index contributed by atoms with van der Waals surface area (Å²) < 4.78 is 32.1. The van der Waals surface area contributed by atoms with Crippen LogP contribution >= 0.6 is 35.3 Å². The zero-order valence-electron chi connectivity index (χ0n) is 13.7. The fourth-order valence-electron chi connectivity index (χ4n) is 2.13. The van der Waals surface area contributed by atoms with Crippen molar-refractivity contribution in [2.45, 2.75) is 11.0 Å². The van der Waals surface area contributed by atoms with Gasteiger partial charge >= 0.3 is 6.61 Å². The minimum Gasteiger partial charge on any atom is -0.433 e. The van der Waals surface area contributed by atoms with Crippen LogP contribution in [-0.2, 0) is 4.79 Å². The van der Waals surface area contributed by atoms with Crippen LogP contribution in [0.3, 0.4) is 0 Å². The molecule has 0 aliphatic carbocycles. The van der Waals surface area contributed by atoms with Gasteiger partial charge in [-0.3, -0.25) is 4.79 Å². The van der Waals surface area contributed by atoms with Gasteiger partial charge in [0, 0.05) is 0 Å². The van der Waals surface area contributed by atoms with Crippen molar-refractivity contribution >= 4 is 46.9 Å². The van der Waals surface area contributed by atoms with Crippen LogP contribution in [0.5, 0.6) is 5.75 Å². The number of thioether (sulfide) groups is 1. The lowest BCUT2D eigenvalue weighted by Gasteiger charge is -2.11. The molecule has 140 valence electrons. The number of benzene rings is 2. The molecule has 0 fully saturated rings. The number of halogens is 2. The topological polar surface area (TPSA) is 56.2 Å². The van der Waals surface area contributed by atoms with Gasteiger partial charge in [-0.1, -0.05) is 53.4 Å². The molecule has 27 heavy (non-hydrogen) atoms. The predicted octanol–water partition coefficient (Wildman–Crippen LogP) is 5.00. The molecule has 1 amide bonds. The lowest BCUT2D eigenvalue weighted by Crippen LogP contribution is -2.15. The maximum absolute atomic E-state index is 12.4. The summed E-state index contributed by atoms with van der Waals surface area (Å²) in [6.45, 7) is -2.97. The summed E-state index contributed by atoms with van der Waals surface area (Å²) >= 11 is 7.83. The van der Waals surface area contributed by atoms with E-state index in [1.807, 2.05) is 30.3 Å². The fraction of sp³-hybridized carbons (Fsp3) is 0.118. The standard InChI is InChI=1S/C17H13F2N3O2S3/c18-15(19)24-13-9-5-4-8-12(13)20-14(23)10-26-16-21-22(17(25)27-16)11-6-2-1-3-7-11/h1-9,15H,10H2,(H,20,23). The first kappa shape index (κ1) is 19.5. The molecule has 3 aromatic rings. The number of carbonyl (C=O) groups excluding carboxylic acids is 1. The van der Waals surface area contributed by atoms with Crippen molar-refractivity contribution in [3.05, 3.63) is 58.6 Å². The van der Waals surface area contributed by atoms with Crippen molar-refractivity contribution in [3.8, 4) is 11.4 Å². The van der Waals surface area contributed by atoms with Crippen molar-refractivity contribution in [2.24, 2.45) is 0 Å². The van der Waals surface area contributed by atoms with Gasteiger partial charge < -0.3 is 10.1 Å². The van der Waals surface area contributed by atoms with Crippen molar-refractivity contribution in [3.63, 3.8) is 0 Å². The first-order chi connectivity index (χ1) is 13.0. The van der Waals surface area contributed by atoms with Crippen LogP contribution in [0.15, 0.2) is 58.9 Å². The normalized spacial score (nSPS) is 10.8. The Morgan fingerprint density at radius 1 is 1.22 bits per heavy atom. The van der Waals surface area contributed by atoms with Crippen LogP contribution in [0.1, 0.15) is 0 Å². The van der Waals surface area contributed by atoms with Crippen LogP contribution < -0.4 is 10.1 Å². The third-order valence-electron chi connectivity index (χ3n) is 3.23. The summed E-state index contributed by atoms with van der Waals surface area (Å²) in [7, 11) is 0. The Hall–Kier alpha value is -2.30. The average molecular weight is 426 g/mol. The first-order valence-electron chi connectivity index (χ1n) is 7.65. The minimum absolute atomic E-state index is 0.0556. The summed E-state index contributed by atoms with van der Waals surface area (Å²) in [6.07, 6.45) is 0. The summed E-state index contributed by atoms with van der Waals surface area (Å²) in [5.41, 5.74) is 1.03. The van der Waals surface area contributed by atoms with Crippen molar-refractivity contribution < 1.29 is 18.3 Å². The highest BCUT2D eigenvalue weighted by molar-refractivity contribution is 8.01. The van der Waals surface area contributed by atoms with E-state index in [0.29, 0.717) is 8.29 Å². The number of anilines is 1. The second-order valence-electron chi connectivity index (χ2n) is 5.09. The average Bonchev–Trinajstić information content (AvgIpc) is 3.03. The smallest absolute Gasteiger partial charge is 0.387 e. The molecule has 1 heterocycles. The Bertz CT molecular complexity index is 977. The largest absolute Gasteiger partial charge is 0.433 e. The monoisotopic (exact) mass is 425 g/mol. The van der Waals surface area contributed by atoms with Gasteiger partial charge in [0.15, 0.2) is 8.29 Å². The van der Waals surface area contributed by atoms with Gasteiger partial charge in [0.25, 0.3) is 0 Å². The van der Waals surface area contributed by atoms with E-state index < -0.39 is 6.61 Å². The molecule has 5 nitrogen and oxygen atoms in total. The number of ether oxygens (including phenoxy) is 1. The molecule has 1 N–H and O–H groups in total. The van der Waals surface area contributed by atoms with E-state index in [9.17, 15) is 13.6 Å². The van der Waals surface area contributed by atoms with Crippen LogP contribution in [0.25, 0.3) is 5.69 Å². The zero-order chi connectivity index (χ0) is 19.2. The van der Waals surface area contributed by atoms with Gasteiger partial charge in [-0.2, -0.15) is 8.78 Å². The number of carbonyl (C=O) groups is 1. The SMILES string of the molecule is O=C(CSc1nn(-c2ccccc2)c(=S)s1)Nc1ccccc1OC(F)F. The molecule has 1 aromatic heterocycles. The lowest BCUT2D eigenvalue weighted by molar-refractivity contribution is -0.113. The van der Waals surface area contributed by atoms with Gasteiger partial charge in [0.1, 0.15) is 5.75 Å². The molecular formula is C17H13F2N3O2S3. The number of nitrogens with zero attached hydrogens (tertiary/aromatic N) is 2. The highest BCUT2D eigenvalue weighted by atomic mass is 32.2. The Kier molecular flexibility index (Phi) is 6.54. The second kappa shape index (κ2) is 9.07. The van der Waals surface area contributed by atoms with E-state index in [-0.39, 0.29) is 23.1 Å². The second-order valence-corrected chi connectivity index (χ2v) is 7.94. The van der Waals surface area contributed by atoms with Gasteiger partial charge in [-0.05, 0) is 36.5 Å². The van der Waals surface area contributed by atoms with E-state index in [2.05, 4.69) is 15.2 Å². The van der Waals surface area contributed by atoms with Crippen LogP contribution in [-0.4, -0.2) is 28.1 Å². The predicted molar refractivity (Wildman–Crippen MR) is 105 cm³/mol. The molecule has 0 saturated carbocycles. The number of hydrogen-bond acceptors (Lipinski definition) is 6. The fourth-order valence-corrected chi connectivity index (χ4v) is 4.29. The molecule has 0 radical (unpaired) electrons. The highest BCUT2D eigenvalue weighted by Crippen LogP contribution is 2.27. The van der Waals surface area contributed by atoms with Gasteiger partial charge in [0.05, 0.1) is 17.1 Å². The van der Waals surface area contributed by atoms with Gasteiger partial charge in [0.2, 0.25) is 5.91 Å². The number of alkyl halides is 2. The quantitative estimate of drug-likeness (QED) is 0.427. The number of aromatic nitrogens is 2. The van der Waals surface area contributed by atoms with Crippen LogP contribution in [0.4, 0.5) is 14.5 Å². The van der Waals surface area contributed by atoms with Crippen molar-refractivity contribution in [2.75, 3.05) is 11.1 Å². The molecule has 0 aliphatic heterocycles. The van der Waals surface area contributed by atoms with E-state index in [0.717, 1.165) is 5.69 Å². The van der Waals surface area contributed by atoms with Crippen molar-refractivity contribution in [1.82, 2.24) is 9.78 Å². The highest BCUT2D eigenvalue weighted by Gasteiger charge is 2.13. The third-order valence-corrected chi connectivity index (χ3v) is 5.60. The summed E-state index contributed by atoms with van der Waals surface area (Å²) in [5.74, 6) is -0.396. The summed E-state index contributed by atoms with van der Waals surface area (Å²) in [5, 5.41) is 6.97. The minimum atomic E-state index is -2.97. The van der Waals surface area contributed by atoms with Crippen LogP contribution in [0.2, 0.25) is 0 Å². The number of rotatable bonds is 7. The summed E-state index contributed by atoms with van der Waals surface area (Å²) in [4.78, 5) is 12.2. The molecular weight excluding hydrogens is 412 g/mol. The van der Waals surface area contributed by atoms with Gasteiger partial charge in [-0.25, -0.2) is 4.68 Å². The Balaban J connectivity index is 1.63. The maximum atomic E-state index is 12.4. The van der Waals surface area contributed by atoms with E-state index in [1.54, 1.807) is 16.8 Å². The maximum Gasteiger partial charge on any atom is 0.387 e. The molecule has 0 bridgehead atoms. The molecule has 0 atom stereocenters. The molecule has 0 spiro atoms. The number of para-hydroxylation sites is 3. The van der Waals surface area contributed by atoms with Crippen molar-refractivity contribution in [1.29, 1.82) is 0 Å². The molecule has 0 saturated heterocycles. The zero-order valence-corrected chi connectivity index (χ0v) is 16.1. The van der Waals surface area contributed by atoms with Crippen LogP contribution in [0, 0.1) is 3.95 Å². The third kappa shape index (κ3) is 5.34. The lowest BCUT2D eigenvalue weighted by atomic mass is 10.3. The van der Waals surface area contributed by atoms with E-state index in [1.165, 1.54) is 35.2 Å². The number of nitrogens with one attached hydrogen (secondary N) is 1. The van der Waals surface area contributed by atoms with Gasteiger partial charge in [-0.15, -0.1) is 5.10 Å². The molecule has 0 aliphatic rings. The van der Waals surface area contributed by atoms with E-state index >= 15 is 0 Å². The Labute approximate surface area is 167 Å². The molecule has 0 unspecified atom stereocenters.